The zero-order valence-electron chi connectivity index (χ0n) is 20.2. The van der Waals surface area contributed by atoms with Crippen molar-refractivity contribution in [2.75, 3.05) is 37.6 Å². The van der Waals surface area contributed by atoms with Gasteiger partial charge in [-0.1, -0.05) is 48.4 Å². The summed E-state index contributed by atoms with van der Waals surface area (Å²) in [5, 5.41) is 1.18. The fourth-order valence-corrected chi connectivity index (χ4v) is 9.06. The summed E-state index contributed by atoms with van der Waals surface area (Å²) in [6.45, 7) is 9.19. The van der Waals surface area contributed by atoms with Crippen molar-refractivity contribution in [3.63, 3.8) is 0 Å². The van der Waals surface area contributed by atoms with Crippen LogP contribution in [0.1, 0.15) is 32.3 Å². The van der Waals surface area contributed by atoms with Crippen LogP contribution in [0.5, 0.6) is 0 Å². The molecule has 3 heterocycles. The molecule has 1 aromatic carbocycles. The summed E-state index contributed by atoms with van der Waals surface area (Å²) in [5.41, 5.74) is 1.74. The number of aryl methyl sites for hydroxylation is 1. The standard InChI is InChI=1S/C23H28Cl2N4O3S3.ClH/c1-4-27(5-2)11-12-28(23-26-21-15(3)13-16(24)14-18(21)33-23)22(30)17-7-6-10-29(17)35(31,32)20-9-8-19(25)34-20;/h8-9,13-14,17H,4-7,10-12H2,1-3H3;1H. The normalized spacial score (nSPS) is 16.6. The first-order valence-electron chi connectivity index (χ1n) is 11.5. The molecule has 198 valence electrons. The largest absolute Gasteiger partial charge is 0.302 e. The van der Waals surface area contributed by atoms with E-state index in [4.69, 9.17) is 28.2 Å². The molecule has 0 radical (unpaired) electrons. The average Bonchev–Trinajstić information content (AvgIpc) is 3.56. The molecule has 1 saturated heterocycles. The van der Waals surface area contributed by atoms with Crippen LogP contribution in [0.4, 0.5) is 5.13 Å². The lowest BCUT2D eigenvalue weighted by Crippen LogP contribution is -2.49. The van der Waals surface area contributed by atoms with Crippen molar-refractivity contribution in [2.45, 2.75) is 43.9 Å². The molecule has 0 bridgehead atoms. The number of amides is 1. The molecule has 2 aromatic heterocycles. The second-order valence-electron chi connectivity index (χ2n) is 8.41. The van der Waals surface area contributed by atoms with Crippen LogP contribution >= 0.6 is 58.3 Å². The van der Waals surface area contributed by atoms with E-state index < -0.39 is 16.1 Å². The molecular weight excluding hydrogens is 583 g/mol. The third-order valence-corrected chi connectivity index (χ3v) is 11.1. The van der Waals surface area contributed by atoms with Gasteiger partial charge in [0.2, 0.25) is 5.91 Å². The number of rotatable bonds is 9. The Morgan fingerprint density at radius 1 is 1.17 bits per heavy atom. The van der Waals surface area contributed by atoms with Crippen LogP contribution in [0.15, 0.2) is 28.5 Å². The molecule has 36 heavy (non-hydrogen) atoms. The first kappa shape index (κ1) is 29.6. The van der Waals surface area contributed by atoms with E-state index >= 15 is 0 Å². The second kappa shape index (κ2) is 12.3. The van der Waals surface area contributed by atoms with Gasteiger partial charge in [0.1, 0.15) is 10.3 Å². The zero-order chi connectivity index (χ0) is 25.3. The van der Waals surface area contributed by atoms with E-state index in [2.05, 4.69) is 18.7 Å². The minimum atomic E-state index is -3.83. The molecule has 0 N–H and O–H groups in total. The number of hydrogen-bond acceptors (Lipinski definition) is 7. The molecule has 13 heteroatoms. The van der Waals surface area contributed by atoms with Gasteiger partial charge in [-0.2, -0.15) is 4.31 Å². The Morgan fingerprint density at radius 3 is 2.53 bits per heavy atom. The fraction of sp³-hybridized carbons (Fsp3) is 0.478. The minimum Gasteiger partial charge on any atom is -0.302 e. The number of thiophene rings is 1. The highest BCUT2D eigenvalue weighted by atomic mass is 35.5. The molecule has 0 aliphatic carbocycles. The number of carbonyl (C=O) groups is 1. The Balaban J connectivity index is 0.00000361. The van der Waals surface area contributed by atoms with Crippen molar-refractivity contribution < 1.29 is 13.2 Å². The number of halogens is 3. The van der Waals surface area contributed by atoms with Gasteiger partial charge in [-0.3, -0.25) is 9.69 Å². The van der Waals surface area contributed by atoms with Crippen LogP contribution in [0.25, 0.3) is 10.2 Å². The number of aromatic nitrogens is 1. The van der Waals surface area contributed by atoms with Crippen molar-refractivity contribution in [1.29, 1.82) is 0 Å². The maximum Gasteiger partial charge on any atom is 0.253 e. The number of sulfonamides is 1. The SMILES string of the molecule is CCN(CC)CCN(C(=O)C1CCCN1S(=O)(=O)c1ccc(Cl)s1)c1nc2c(C)cc(Cl)cc2s1.Cl. The maximum absolute atomic E-state index is 14.0. The van der Waals surface area contributed by atoms with E-state index in [0.29, 0.717) is 47.0 Å². The molecule has 7 nitrogen and oxygen atoms in total. The molecule has 4 rings (SSSR count). The molecule has 0 saturated carbocycles. The highest BCUT2D eigenvalue weighted by Crippen LogP contribution is 2.36. The van der Waals surface area contributed by atoms with E-state index in [1.54, 1.807) is 11.0 Å². The van der Waals surface area contributed by atoms with Crippen LogP contribution in [0.2, 0.25) is 9.36 Å². The summed E-state index contributed by atoms with van der Waals surface area (Å²) < 4.78 is 29.5. The summed E-state index contributed by atoms with van der Waals surface area (Å²) in [5.74, 6) is -0.247. The Kier molecular flexibility index (Phi) is 10.1. The summed E-state index contributed by atoms with van der Waals surface area (Å²) in [4.78, 5) is 22.7. The quantitative estimate of drug-likeness (QED) is 0.300. The smallest absolute Gasteiger partial charge is 0.253 e. The number of thiazole rings is 1. The van der Waals surface area contributed by atoms with Crippen LogP contribution in [-0.2, 0) is 14.8 Å². The summed E-state index contributed by atoms with van der Waals surface area (Å²) in [6.07, 6.45) is 1.09. The van der Waals surface area contributed by atoms with Gasteiger partial charge in [0.15, 0.2) is 5.13 Å². The lowest BCUT2D eigenvalue weighted by Gasteiger charge is -2.29. The van der Waals surface area contributed by atoms with E-state index in [1.807, 2.05) is 19.1 Å². The van der Waals surface area contributed by atoms with Gasteiger partial charge < -0.3 is 4.90 Å². The molecule has 1 fully saturated rings. The number of anilines is 1. The summed E-state index contributed by atoms with van der Waals surface area (Å²) in [6, 6.07) is 5.99. The van der Waals surface area contributed by atoms with Crippen LogP contribution < -0.4 is 4.90 Å². The molecule has 1 aliphatic rings. The highest BCUT2D eigenvalue weighted by molar-refractivity contribution is 7.91. The topological polar surface area (TPSA) is 73.8 Å². The number of carbonyl (C=O) groups excluding carboxylic acids is 1. The van der Waals surface area contributed by atoms with Crippen molar-refractivity contribution in [1.82, 2.24) is 14.2 Å². The Labute approximate surface area is 236 Å². The first-order valence-corrected chi connectivity index (χ1v) is 15.4. The maximum atomic E-state index is 14.0. The van der Waals surface area contributed by atoms with Gasteiger partial charge in [0, 0.05) is 24.7 Å². The molecule has 1 aliphatic heterocycles. The number of benzene rings is 1. The minimum absolute atomic E-state index is 0. The fourth-order valence-electron chi connectivity index (χ4n) is 4.35. The van der Waals surface area contributed by atoms with Crippen molar-refractivity contribution in [3.05, 3.63) is 39.2 Å². The third-order valence-electron chi connectivity index (χ3n) is 6.27. The first-order chi connectivity index (χ1) is 16.6. The number of fused-ring (bicyclic) bond motifs is 1. The summed E-state index contributed by atoms with van der Waals surface area (Å²) in [7, 11) is -3.83. The van der Waals surface area contributed by atoms with Crippen LogP contribution in [-0.4, -0.2) is 67.3 Å². The molecule has 3 aromatic rings. The van der Waals surface area contributed by atoms with Gasteiger partial charge >= 0.3 is 0 Å². The van der Waals surface area contributed by atoms with E-state index in [-0.39, 0.29) is 22.5 Å². The van der Waals surface area contributed by atoms with Gasteiger partial charge in [-0.25, -0.2) is 13.4 Å². The monoisotopic (exact) mass is 610 g/mol. The van der Waals surface area contributed by atoms with Crippen molar-refractivity contribution >= 4 is 89.6 Å². The molecular formula is C23H29Cl3N4O3S3. The van der Waals surface area contributed by atoms with Crippen molar-refractivity contribution in [3.8, 4) is 0 Å². The number of nitrogens with zero attached hydrogens (tertiary/aromatic N) is 4. The van der Waals surface area contributed by atoms with Gasteiger partial charge in [-0.15, -0.1) is 23.7 Å². The van der Waals surface area contributed by atoms with Gasteiger partial charge in [0.25, 0.3) is 10.0 Å². The molecule has 0 spiro atoms. The van der Waals surface area contributed by atoms with Crippen LogP contribution in [0, 0.1) is 6.92 Å². The average molecular weight is 612 g/mol. The number of likely N-dealkylation sites (N-methyl/N-ethyl adjacent to an activating group) is 1. The predicted molar refractivity (Wildman–Crippen MR) is 153 cm³/mol. The van der Waals surface area contributed by atoms with Crippen molar-refractivity contribution in [2.24, 2.45) is 0 Å². The lowest BCUT2D eigenvalue weighted by molar-refractivity contribution is -0.121. The lowest BCUT2D eigenvalue weighted by atomic mass is 10.2. The van der Waals surface area contributed by atoms with Crippen LogP contribution in [0.3, 0.4) is 0 Å². The third kappa shape index (κ3) is 6.02. The molecule has 1 amide bonds. The van der Waals surface area contributed by atoms with E-state index in [1.165, 1.54) is 21.7 Å². The Hall–Kier alpha value is -0.980. The summed E-state index contributed by atoms with van der Waals surface area (Å²) >= 11 is 14.7. The van der Waals surface area contributed by atoms with Gasteiger partial charge in [-0.05, 0) is 62.7 Å². The Morgan fingerprint density at radius 2 is 1.89 bits per heavy atom. The van der Waals surface area contributed by atoms with E-state index in [9.17, 15) is 13.2 Å². The molecule has 1 atom stereocenters. The number of hydrogen-bond donors (Lipinski definition) is 0. The van der Waals surface area contributed by atoms with E-state index in [0.717, 1.165) is 40.2 Å². The molecule has 1 unspecified atom stereocenters. The second-order valence-corrected chi connectivity index (χ2v) is 13.7. The highest BCUT2D eigenvalue weighted by Gasteiger charge is 2.42. The van der Waals surface area contributed by atoms with Gasteiger partial charge in [0.05, 0.1) is 14.6 Å². The zero-order valence-corrected chi connectivity index (χ0v) is 25.0. The predicted octanol–water partition coefficient (Wildman–Crippen LogP) is 5.92. The Bertz CT molecular complexity index is 1320.